The fourth-order valence-corrected chi connectivity index (χ4v) is 3.60. The Morgan fingerprint density at radius 2 is 1.72 bits per heavy atom. The second-order valence-corrected chi connectivity index (χ2v) is 7.24. The Kier molecular flexibility index (Phi) is 4.54. The van der Waals surface area contributed by atoms with E-state index >= 15 is 0 Å². The molecule has 0 aliphatic carbocycles. The van der Waals surface area contributed by atoms with E-state index in [1.807, 2.05) is 0 Å². The summed E-state index contributed by atoms with van der Waals surface area (Å²) in [7, 11) is -2.29. The number of hydrogen-bond donors (Lipinski definition) is 1. The quantitative estimate of drug-likeness (QED) is 0.933. The predicted molar refractivity (Wildman–Crippen MR) is 73.1 cm³/mol. The van der Waals surface area contributed by atoms with Gasteiger partial charge in [-0.3, -0.25) is 0 Å². The molecule has 1 rings (SSSR count). The largest absolute Gasteiger partial charge is 0.495 e. The zero-order valence-corrected chi connectivity index (χ0v) is 12.9. The maximum Gasteiger partial charge on any atom is 0.242 e. The van der Waals surface area contributed by atoms with Gasteiger partial charge in [-0.15, -0.1) is 0 Å². The van der Waals surface area contributed by atoms with Crippen molar-refractivity contribution in [3.63, 3.8) is 0 Å². The first kappa shape index (κ1) is 15.6. The summed E-state index contributed by atoms with van der Waals surface area (Å²) < 4.78 is 31.7. The maximum atomic E-state index is 12.1. The lowest BCUT2D eigenvalue weighted by Gasteiger charge is -2.21. The zero-order chi connectivity index (χ0) is 14.1. The van der Waals surface area contributed by atoms with E-state index in [1.54, 1.807) is 20.8 Å². The molecule has 0 amide bonds. The van der Waals surface area contributed by atoms with E-state index < -0.39 is 15.6 Å². The molecule has 1 aromatic rings. The van der Waals surface area contributed by atoms with Gasteiger partial charge in [0.05, 0.1) is 17.2 Å². The van der Waals surface area contributed by atoms with Gasteiger partial charge in [-0.05, 0) is 26.8 Å². The topological polar surface area (TPSA) is 55.4 Å². The van der Waals surface area contributed by atoms with Gasteiger partial charge in [0.1, 0.15) is 10.6 Å². The van der Waals surface area contributed by atoms with Crippen molar-refractivity contribution >= 4 is 33.2 Å². The van der Waals surface area contributed by atoms with Crippen LogP contribution in [0.2, 0.25) is 10.0 Å². The van der Waals surface area contributed by atoms with E-state index in [4.69, 9.17) is 27.9 Å². The second kappa shape index (κ2) is 5.25. The molecule has 102 valence electrons. The molecule has 0 atom stereocenters. The number of rotatable bonds is 3. The molecule has 0 bridgehead atoms. The van der Waals surface area contributed by atoms with Gasteiger partial charge in [-0.1, -0.05) is 23.2 Å². The van der Waals surface area contributed by atoms with Crippen LogP contribution < -0.4 is 9.46 Å². The summed E-state index contributed by atoms with van der Waals surface area (Å²) >= 11 is 11.8. The Hall–Kier alpha value is -0.490. The Balaban J connectivity index is 3.30. The van der Waals surface area contributed by atoms with Crippen molar-refractivity contribution in [2.75, 3.05) is 7.11 Å². The third kappa shape index (κ3) is 3.75. The third-order valence-electron chi connectivity index (χ3n) is 1.94. The van der Waals surface area contributed by atoms with Gasteiger partial charge in [-0.25, -0.2) is 13.1 Å². The molecule has 0 fully saturated rings. The smallest absolute Gasteiger partial charge is 0.242 e. The Labute approximate surface area is 117 Å². The first-order chi connectivity index (χ1) is 8.07. The Bertz CT molecular complexity index is 550. The summed E-state index contributed by atoms with van der Waals surface area (Å²) in [5, 5.41) is 0.254. The van der Waals surface area contributed by atoms with E-state index in [2.05, 4.69) is 4.72 Å². The summed E-state index contributed by atoms with van der Waals surface area (Å²) in [6.45, 7) is 5.22. The van der Waals surface area contributed by atoms with E-state index in [1.165, 1.54) is 19.2 Å². The molecular formula is C11H15Cl2NO3S. The van der Waals surface area contributed by atoms with E-state index in [0.29, 0.717) is 5.75 Å². The molecule has 0 saturated heterocycles. The summed E-state index contributed by atoms with van der Waals surface area (Å²) in [5.41, 5.74) is -0.603. The fraction of sp³-hybridized carbons (Fsp3) is 0.455. The highest BCUT2D eigenvalue weighted by Gasteiger charge is 2.25. The molecule has 4 nitrogen and oxygen atoms in total. The van der Waals surface area contributed by atoms with Crippen molar-refractivity contribution < 1.29 is 13.2 Å². The number of methoxy groups -OCH3 is 1. The van der Waals surface area contributed by atoms with Gasteiger partial charge < -0.3 is 4.74 Å². The average Bonchev–Trinajstić information content (AvgIpc) is 2.17. The summed E-state index contributed by atoms with van der Waals surface area (Å²) in [6, 6.07) is 2.65. The summed E-state index contributed by atoms with van der Waals surface area (Å²) in [6.07, 6.45) is 0. The van der Waals surface area contributed by atoms with Crippen LogP contribution in [0.25, 0.3) is 0 Å². The first-order valence-electron chi connectivity index (χ1n) is 5.14. The Morgan fingerprint density at radius 3 is 2.17 bits per heavy atom. The van der Waals surface area contributed by atoms with Gasteiger partial charge >= 0.3 is 0 Å². The maximum absolute atomic E-state index is 12.1. The number of sulfonamides is 1. The van der Waals surface area contributed by atoms with Crippen molar-refractivity contribution in [3.8, 4) is 5.75 Å². The monoisotopic (exact) mass is 311 g/mol. The lowest BCUT2D eigenvalue weighted by molar-refractivity contribution is 0.414. The van der Waals surface area contributed by atoms with Crippen LogP contribution in [0.15, 0.2) is 17.0 Å². The lowest BCUT2D eigenvalue weighted by atomic mass is 10.1. The highest BCUT2D eigenvalue weighted by atomic mass is 35.5. The van der Waals surface area contributed by atoms with Crippen LogP contribution in [0.3, 0.4) is 0 Å². The van der Waals surface area contributed by atoms with Crippen LogP contribution >= 0.6 is 23.2 Å². The molecule has 0 unspecified atom stereocenters. The van der Waals surface area contributed by atoms with Crippen LogP contribution in [0, 0.1) is 0 Å². The lowest BCUT2D eigenvalue weighted by Crippen LogP contribution is -2.40. The first-order valence-corrected chi connectivity index (χ1v) is 7.38. The van der Waals surface area contributed by atoms with Crippen molar-refractivity contribution in [1.29, 1.82) is 0 Å². The number of ether oxygens (including phenoxy) is 1. The molecule has 1 aromatic carbocycles. The van der Waals surface area contributed by atoms with Crippen LogP contribution in [0.4, 0.5) is 0 Å². The second-order valence-electron chi connectivity index (χ2n) is 4.77. The average molecular weight is 312 g/mol. The summed E-state index contributed by atoms with van der Waals surface area (Å²) in [5.74, 6) is 0.330. The van der Waals surface area contributed by atoms with Gasteiger partial charge in [0.25, 0.3) is 0 Å². The molecular weight excluding hydrogens is 297 g/mol. The van der Waals surface area contributed by atoms with Crippen molar-refractivity contribution in [2.24, 2.45) is 0 Å². The molecule has 0 saturated carbocycles. The highest BCUT2D eigenvalue weighted by Crippen LogP contribution is 2.33. The minimum absolute atomic E-state index is 0.0630. The van der Waals surface area contributed by atoms with Gasteiger partial charge in [0.15, 0.2) is 0 Å². The van der Waals surface area contributed by atoms with Gasteiger partial charge in [0, 0.05) is 11.6 Å². The number of benzene rings is 1. The minimum atomic E-state index is -3.72. The standard InChI is InChI=1S/C11H15Cl2NO3S/c1-11(2,3)14-18(15,16)10-6-7(12)9(17-4)5-8(10)13/h5-6,14H,1-4H3. The minimum Gasteiger partial charge on any atom is -0.495 e. The van der Waals surface area contributed by atoms with Crippen molar-refractivity contribution in [2.45, 2.75) is 31.2 Å². The Morgan fingerprint density at radius 1 is 1.17 bits per heavy atom. The van der Waals surface area contributed by atoms with Crippen LogP contribution in [-0.4, -0.2) is 21.1 Å². The van der Waals surface area contributed by atoms with Crippen molar-refractivity contribution in [1.82, 2.24) is 4.72 Å². The fourth-order valence-electron chi connectivity index (χ4n) is 1.33. The van der Waals surface area contributed by atoms with E-state index in [9.17, 15) is 8.42 Å². The molecule has 7 heteroatoms. The predicted octanol–water partition coefficient (Wildman–Crippen LogP) is 3.08. The third-order valence-corrected chi connectivity index (χ3v) is 4.45. The number of halogens is 2. The highest BCUT2D eigenvalue weighted by molar-refractivity contribution is 7.89. The number of nitrogens with one attached hydrogen (secondary N) is 1. The molecule has 0 aromatic heterocycles. The SMILES string of the molecule is COc1cc(Cl)c(S(=O)(=O)NC(C)(C)C)cc1Cl. The van der Waals surface area contributed by atoms with E-state index in [0.717, 1.165) is 0 Å². The normalized spacial score (nSPS) is 12.6. The van der Waals surface area contributed by atoms with E-state index in [-0.39, 0.29) is 14.9 Å². The van der Waals surface area contributed by atoms with Crippen LogP contribution in [0.5, 0.6) is 5.75 Å². The molecule has 0 aliphatic heterocycles. The van der Waals surface area contributed by atoms with Gasteiger partial charge in [-0.2, -0.15) is 0 Å². The zero-order valence-electron chi connectivity index (χ0n) is 10.5. The molecule has 18 heavy (non-hydrogen) atoms. The molecule has 0 aliphatic rings. The molecule has 0 radical (unpaired) electrons. The van der Waals surface area contributed by atoms with Crippen LogP contribution in [0.1, 0.15) is 20.8 Å². The molecule has 0 heterocycles. The molecule has 1 N–H and O–H groups in total. The van der Waals surface area contributed by atoms with Crippen LogP contribution in [-0.2, 0) is 10.0 Å². The molecule has 0 spiro atoms. The number of hydrogen-bond acceptors (Lipinski definition) is 3. The van der Waals surface area contributed by atoms with Crippen molar-refractivity contribution in [3.05, 3.63) is 22.2 Å². The summed E-state index contributed by atoms with van der Waals surface area (Å²) in [4.78, 5) is -0.0649. The van der Waals surface area contributed by atoms with Gasteiger partial charge in [0.2, 0.25) is 10.0 Å².